The lowest BCUT2D eigenvalue weighted by molar-refractivity contribution is -0.125. The van der Waals surface area contributed by atoms with Crippen molar-refractivity contribution >= 4 is 5.91 Å². The van der Waals surface area contributed by atoms with Gasteiger partial charge in [-0.05, 0) is 27.7 Å². The number of nitrogens with two attached hydrogens (primary N) is 1. The minimum Gasteiger partial charge on any atom is -0.350 e. The van der Waals surface area contributed by atoms with Gasteiger partial charge in [-0.2, -0.15) is 0 Å². The number of carbonyl (C=O) groups is 1. The minimum absolute atomic E-state index is 0.0824. The third kappa shape index (κ3) is 3.30. The highest BCUT2D eigenvalue weighted by molar-refractivity contribution is 5.80. The van der Waals surface area contributed by atoms with E-state index in [1.165, 1.54) is 4.68 Å². The fraction of sp³-hybridized carbons (Fsp3) is 0.700. The average Bonchev–Trinajstić information content (AvgIpc) is 2.61. The SMILES string of the molecule is CC(C(=O)NC(C)(C)C)n1cc(CN)nn1. The molecular formula is C10H19N5O. The van der Waals surface area contributed by atoms with Crippen LogP contribution in [-0.4, -0.2) is 26.4 Å². The van der Waals surface area contributed by atoms with Crippen LogP contribution in [0.1, 0.15) is 39.4 Å². The number of nitrogens with one attached hydrogen (secondary N) is 1. The first-order valence-corrected chi connectivity index (χ1v) is 5.26. The summed E-state index contributed by atoms with van der Waals surface area (Å²) in [5, 5.41) is 10.6. The number of rotatable bonds is 3. The molecule has 0 bridgehead atoms. The lowest BCUT2D eigenvalue weighted by atomic mass is 10.1. The normalized spacial score (nSPS) is 13.6. The summed E-state index contributed by atoms with van der Waals surface area (Å²) in [6, 6.07) is -0.382. The molecule has 1 aromatic heterocycles. The Morgan fingerprint density at radius 2 is 2.25 bits per heavy atom. The molecule has 0 spiro atoms. The van der Waals surface area contributed by atoms with Crippen LogP contribution >= 0.6 is 0 Å². The molecule has 0 saturated heterocycles. The van der Waals surface area contributed by atoms with Crippen LogP contribution in [0.4, 0.5) is 0 Å². The molecule has 1 atom stereocenters. The van der Waals surface area contributed by atoms with Gasteiger partial charge in [-0.3, -0.25) is 4.79 Å². The molecule has 1 rings (SSSR count). The standard InChI is InChI=1S/C10H19N5O/c1-7(9(16)12-10(2,3)4)15-6-8(5-11)13-14-15/h6-7H,5,11H2,1-4H3,(H,12,16). The van der Waals surface area contributed by atoms with Crippen LogP contribution in [0.5, 0.6) is 0 Å². The Hall–Kier alpha value is -1.43. The fourth-order valence-electron chi connectivity index (χ4n) is 1.19. The summed E-state index contributed by atoms with van der Waals surface area (Å²) in [6.07, 6.45) is 1.69. The first-order chi connectivity index (χ1) is 7.33. The molecule has 90 valence electrons. The summed E-state index contributed by atoms with van der Waals surface area (Å²) in [6.45, 7) is 7.91. The van der Waals surface area contributed by atoms with Gasteiger partial charge in [-0.25, -0.2) is 4.68 Å². The number of hydrogen-bond acceptors (Lipinski definition) is 4. The maximum absolute atomic E-state index is 11.8. The Labute approximate surface area is 95.2 Å². The zero-order valence-electron chi connectivity index (χ0n) is 10.2. The van der Waals surface area contributed by atoms with Crippen molar-refractivity contribution < 1.29 is 4.79 Å². The molecule has 0 aliphatic heterocycles. The first kappa shape index (κ1) is 12.6. The predicted octanol–water partition coefficient (Wildman–Crippen LogP) is 0.213. The summed E-state index contributed by atoms with van der Waals surface area (Å²) in [5.74, 6) is -0.0824. The van der Waals surface area contributed by atoms with Crippen LogP contribution < -0.4 is 11.1 Å². The second-order valence-corrected chi connectivity index (χ2v) is 4.81. The van der Waals surface area contributed by atoms with Gasteiger partial charge in [0.1, 0.15) is 6.04 Å². The van der Waals surface area contributed by atoms with E-state index in [0.717, 1.165) is 0 Å². The minimum atomic E-state index is -0.382. The Bertz CT molecular complexity index is 366. The van der Waals surface area contributed by atoms with E-state index < -0.39 is 0 Å². The molecule has 0 fully saturated rings. The van der Waals surface area contributed by atoms with Gasteiger partial charge in [0.2, 0.25) is 5.91 Å². The molecular weight excluding hydrogens is 206 g/mol. The fourth-order valence-corrected chi connectivity index (χ4v) is 1.19. The second kappa shape index (κ2) is 4.61. The molecule has 0 aliphatic rings. The number of carbonyl (C=O) groups excluding carboxylic acids is 1. The molecule has 1 unspecified atom stereocenters. The van der Waals surface area contributed by atoms with E-state index in [4.69, 9.17) is 5.73 Å². The van der Waals surface area contributed by atoms with Crippen molar-refractivity contribution in [2.24, 2.45) is 5.73 Å². The van der Waals surface area contributed by atoms with E-state index in [0.29, 0.717) is 12.2 Å². The second-order valence-electron chi connectivity index (χ2n) is 4.81. The molecule has 0 saturated carbocycles. The quantitative estimate of drug-likeness (QED) is 0.770. The molecule has 16 heavy (non-hydrogen) atoms. The molecule has 0 aliphatic carbocycles. The molecule has 0 radical (unpaired) electrons. The Kier molecular flexibility index (Phi) is 3.64. The van der Waals surface area contributed by atoms with Gasteiger partial charge in [0.05, 0.1) is 11.9 Å². The Balaban J connectivity index is 2.70. The third-order valence-electron chi connectivity index (χ3n) is 2.04. The summed E-state index contributed by atoms with van der Waals surface area (Å²) in [4.78, 5) is 11.8. The molecule has 6 nitrogen and oxygen atoms in total. The molecule has 1 aromatic rings. The number of hydrogen-bond donors (Lipinski definition) is 2. The van der Waals surface area contributed by atoms with Crippen LogP contribution in [0.15, 0.2) is 6.20 Å². The highest BCUT2D eigenvalue weighted by Gasteiger charge is 2.21. The van der Waals surface area contributed by atoms with Gasteiger partial charge in [0, 0.05) is 12.1 Å². The maximum Gasteiger partial charge on any atom is 0.245 e. The average molecular weight is 225 g/mol. The van der Waals surface area contributed by atoms with E-state index in [1.807, 2.05) is 20.8 Å². The lowest BCUT2D eigenvalue weighted by Crippen LogP contribution is -2.43. The van der Waals surface area contributed by atoms with E-state index >= 15 is 0 Å². The van der Waals surface area contributed by atoms with Gasteiger partial charge in [0.25, 0.3) is 0 Å². The topological polar surface area (TPSA) is 85.8 Å². The van der Waals surface area contributed by atoms with Crippen molar-refractivity contribution in [1.29, 1.82) is 0 Å². The molecule has 3 N–H and O–H groups in total. The van der Waals surface area contributed by atoms with Gasteiger partial charge >= 0.3 is 0 Å². The van der Waals surface area contributed by atoms with Crippen molar-refractivity contribution in [3.05, 3.63) is 11.9 Å². The molecule has 1 amide bonds. The highest BCUT2D eigenvalue weighted by atomic mass is 16.2. The van der Waals surface area contributed by atoms with E-state index in [-0.39, 0.29) is 17.5 Å². The number of aromatic nitrogens is 3. The van der Waals surface area contributed by atoms with Crippen LogP contribution in [0, 0.1) is 0 Å². The summed E-state index contributed by atoms with van der Waals surface area (Å²) < 4.78 is 1.52. The summed E-state index contributed by atoms with van der Waals surface area (Å²) in [7, 11) is 0. The largest absolute Gasteiger partial charge is 0.350 e. The van der Waals surface area contributed by atoms with E-state index in [2.05, 4.69) is 15.6 Å². The van der Waals surface area contributed by atoms with E-state index in [1.54, 1.807) is 13.1 Å². The van der Waals surface area contributed by atoms with Crippen molar-refractivity contribution in [3.8, 4) is 0 Å². The van der Waals surface area contributed by atoms with Crippen molar-refractivity contribution in [3.63, 3.8) is 0 Å². The van der Waals surface area contributed by atoms with E-state index in [9.17, 15) is 4.79 Å². The Morgan fingerprint density at radius 1 is 1.62 bits per heavy atom. The monoisotopic (exact) mass is 225 g/mol. The highest BCUT2D eigenvalue weighted by Crippen LogP contribution is 2.07. The summed E-state index contributed by atoms with van der Waals surface area (Å²) >= 11 is 0. The third-order valence-corrected chi connectivity index (χ3v) is 2.04. The maximum atomic E-state index is 11.8. The number of amides is 1. The number of nitrogens with zero attached hydrogens (tertiary/aromatic N) is 3. The van der Waals surface area contributed by atoms with Gasteiger partial charge in [-0.1, -0.05) is 5.21 Å². The molecule has 0 aromatic carbocycles. The van der Waals surface area contributed by atoms with Gasteiger partial charge < -0.3 is 11.1 Å². The zero-order valence-corrected chi connectivity index (χ0v) is 10.2. The van der Waals surface area contributed by atoms with Crippen LogP contribution in [-0.2, 0) is 11.3 Å². The van der Waals surface area contributed by atoms with Gasteiger partial charge in [0.15, 0.2) is 0 Å². The van der Waals surface area contributed by atoms with Crippen molar-refractivity contribution in [1.82, 2.24) is 20.3 Å². The van der Waals surface area contributed by atoms with Crippen LogP contribution in [0.2, 0.25) is 0 Å². The molecule has 1 heterocycles. The van der Waals surface area contributed by atoms with Crippen LogP contribution in [0.25, 0.3) is 0 Å². The predicted molar refractivity (Wildman–Crippen MR) is 60.5 cm³/mol. The smallest absolute Gasteiger partial charge is 0.245 e. The zero-order chi connectivity index (χ0) is 12.3. The van der Waals surface area contributed by atoms with Crippen molar-refractivity contribution in [2.75, 3.05) is 0 Å². The summed E-state index contributed by atoms with van der Waals surface area (Å²) in [5.41, 5.74) is 5.85. The first-order valence-electron chi connectivity index (χ1n) is 5.26. The van der Waals surface area contributed by atoms with Crippen LogP contribution in [0.3, 0.4) is 0 Å². The molecule has 6 heteroatoms. The van der Waals surface area contributed by atoms with Gasteiger partial charge in [-0.15, -0.1) is 5.10 Å². The lowest BCUT2D eigenvalue weighted by Gasteiger charge is -2.23. The van der Waals surface area contributed by atoms with Crippen molar-refractivity contribution in [2.45, 2.75) is 45.8 Å². The Morgan fingerprint density at radius 3 is 2.69 bits per heavy atom.